The second-order valence-electron chi connectivity index (χ2n) is 7.64. The maximum absolute atomic E-state index is 12.6. The Labute approximate surface area is 205 Å². The third kappa shape index (κ3) is 5.68. The molecule has 0 saturated carbocycles. The summed E-state index contributed by atoms with van der Waals surface area (Å²) in [5.41, 5.74) is 1.49. The number of pyridine rings is 1. The summed E-state index contributed by atoms with van der Waals surface area (Å²) in [6.45, 7) is 0.654. The highest BCUT2D eigenvalue weighted by Gasteiger charge is 2.24. The Morgan fingerprint density at radius 3 is 2.53 bits per heavy atom. The molecule has 0 saturated heterocycles. The van der Waals surface area contributed by atoms with Crippen molar-refractivity contribution in [2.45, 2.75) is 18.9 Å². The van der Waals surface area contributed by atoms with Crippen molar-refractivity contribution in [3.05, 3.63) is 93.8 Å². The molecule has 0 unspecified atom stereocenters. The molecular formula is C25H21Cl2N3O4. The molecular weight excluding hydrogens is 477 g/mol. The van der Waals surface area contributed by atoms with E-state index in [1.54, 1.807) is 24.4 Å². The van der Waals surface area contributed by atoms with Crippen molar-refractivity contribution in [2.24, 2.45) is 0 Å². The molecule has 174 valence electrons. The summed E-state index contributed by atoms with van der Waals surface area (Å²) in [7, 11) is 0. The Hall–Kier alpha value is -3.55. The number of aliphatic carboxylic acids is 1. The monoisotopic (exact) mass is 497 g/mol. The first-order chi connectivity index (χ1) is 16.4. The average Bonchev–Trinajstić information content (AvgIpc) is 3.21. The van der Waals surface area contributed by atoms with E-state index < -0.39 is 17.9 Å². The smallest absolute Gasteiger partial charge is 0.326 e. The van der Waals surface area contributed by atoms with E-state index in [1.165, 1.54) is 12.1 Å². The van der Waals surface area contributed by atoms with Crippen molar-refractivity contribution in [2.75, 3.05) is 11.9 Å². The molecule has 3 N–H and O–H groups in total. The van der Waals surface area contributed by atoms with Crippen LogP contribution in [0.2, 0.25) is 10.0 Å². The largest absolute Gasteiger partial charge is 0.480 e. The van der Waals surface area contributed by atoms with Crippen molar-refractivity contribution in [3.63, 3.8) is 0 Å². The van der Waals surface area contributed by atoms with Crippen LogP contribution in [0.25, 0.3) is 11.0 Å². The lowest BCUT2D eigenvalue weighted by atomic mass is 10.0. The maximum Gasteiger partial charge on any atom is 0.326 e. The first kappa shape index (κ1) is 23.6. The number of carbonyl (C=O) groups excluding carboxylic acids is 1. The number of hydrogen-bond donors (Lipinski definition) is 3. The average molecular weight is 498 g/mol. The molecule has 0 aliphatic carbocycles. The molecule has 0 aliphatic rings. The lowest BCUT2D eigenvalue weighted by Gasteiger charge is -2.16. The molecule has 9 heteroatoms. The number of benzene rings is 2. The predicted molar refractivity (Wildman–Crippen MR) is 132 cm³/mol. The summed E-state index contributed by atoms with van der Waals surface area (Å²) in [5.74, 6) is -0.215. The number of nitrogens with one attached hydrogen (secondary N) is 2. The van der Waals surface area contributed by atoms with Crippen molar-refractivity contribution in [3.8, 4) is 0 Å². The summed E-state index contributed by atoms with van der Waals surface area (Å²) < 4.78 is 5.89. The maximum atomic E-state index is 12.6. The zero-order valence-electron chi connectivity index (χ0n) is 17.9. The van der Waals surface area contributed by atoms with Crippen LogP contribution < -0.4 is 10.6 Å². The number of amides is 1. The Balaban J connectivity index is 1.43. The Bertz CT molecular complexity index is 1300. The third-order valence-electron chi connectivity index (χ3n) is 5.21. The predicted octanol–water partition coefficient (Wildman–Crippen LogP) is 5.21. The van der Waals surface area contributed by atoms with Gasteiger partial charge in [0.15, 0.2) is 0 Å². The number of rotatable bonds is 9. The van der Waals surface area contributed by atoms with Crippen molar-refractivity contribution in [1.82, 2.24) is 10.3 Å². The van der Waals surface area contributed by atoms with Gasteiger partial charge < -0.3 is 20.2 Å². The van der Waals surface area contributed by atoms with E-state index in [1.807, 2.05) is 30.3 Å². The summed E-state index contributed by atoms with van der Waals surface area (Å²) in [4.78, 5) is 28.7. The second-order valence-corrected chi connectivity index (χ2v) is 8.46. The van der Waals surface area contributed by atoms with Crippen molar-refractivity contribution >= 4 is 51.9 Å². The molecule has 2 aromatic carbocycles. The number of fused-ring (bicyclic) bond motifs is 1. The molecule has 2 heterocycles. The van der Waals surface area contributed by atoms with E-state index in [4.69, 9.17) is 27.6 Å². The van der Waals surface area contributed by atoms with E-state index in [0.29, 0.717) is 18.5 Å². The van der Waals surface area contributed by atoms with Gasteiger partial charge in [0.25, 0.3) is 5.91 Å². The lowest BCUT2D eigenvalue weighted by molar-refractivity contribution is -0.139. The minimum Gasteiger partial charge on any atom is -0.480 e. The van der Waals surface area contributed by atoms with E-state index in [0.717, 1.165) is 22.5 Å². The molecule has 0 spiro atoms. The van der Waals surface area contributed by atoms with Gasteiger partial charge in [0.05, 0.1) is 15.6 Å². The van der Waals surface area contributed by atoms with Gasteiger partial charge in [-0.15, -0.1) is 0 Å². The summed E-state index contributed by atoms with van der Waals surface area (Å²) in [6.07, 6.45) is 2.47. The molecule has 1 atom stereocenters. The number of aromatic nitrogens is 1. The van der Waals surface area contributed by atoms with Gasteiger partial charge in [0.1, 0.15) is 23.2 Å². The zero-order chi connectivity index (χ0) is 24.1. The fourth-order valence-electron chi connectivity index (χ4n) is 3.56. The van der Waals surface area contributed by atoms with Gasteiger partial charge in [-0.05, 0) is 48.0 Å². The summed E-state index contributed by atoms with van der Waals surface area (Å²) >= 11 is 12.2. The highest BCUT2D eigenvalue weighted by atomic mass is 35.5. The van der Waals surface area contributed by atoms with Crippen LogP contribution in [-0.2, 0) is 17.6 Å². The van der Waals surface area contributed by atoms with Crippen LogP contribution in [0.3, 0.4) is 0 Å². The van der Waals surface area contributed by atoms with E-state index in [2.05, 4.69) is 15.6 Å². The first-order valence-electron chi connectivity index (χ1n) is 10.5. The van der Waals surface area contributed by atoms with Crippen molar-refractivity contribution in [1.29, 1.82) is 0 Å². The van der Waals surface area contributed by atoms with E-state index >= 15 is 0 Å². The zero-order valence-corrected chi connectivity index (χ0v) is 19.4. The van der Waals surface area contributed by atoms with E-state index in [-0.39, 0.29) is 22.0 Å². The van der Waals surface area contributed by atoms with Crippen LogP contribution >= 0.6 is 23.2 Å². The number of furan rings is 1. The standard InChI is InChI=1S/C25H21Cl2N3O4/c26-18-4-3-5-19(27)23(18)24(31)30-20(25(32)33)13-15-7-8-21-16(12-15)14-17(34-21)9-11-29-22-6-1-2-10-28-22/h1-8,10,12,14,20H,9,11,13H2,(H,28,29)(H,30,31)(H,32,33)/t20-/m0/s1. The highest BCUT2D eigenvalue weighted by molar-refractivity contribution is 6.39. The number of halogens is 2. The van der Waals surface area contributed by atoms with Crippen LogP contribution in [0.5, 0.6) is 0 Å². The molecule has 1 amide bonds. The highest BCUT2D eigenvalue weighted by Crippen LogP contribution is 2.25. The fourth-order valence-corrected chi connectivity index (χ4v) is 4.13. The van der Waals surface area contributed by atoms with Crippen LogP contribution in [0.1, 0.15) is 21.7 Å². The number of carboxylic acids is 1. The number of carbonyl (C=O) groups is 2. The van der Waals surface area contributed by atoms with Crippen LogP contribution in [0.4, 0.5) is 5.82 Å². The topological polar surface area (TPSA) is 104 Å². The molecule has 0 bridgehead atoms. The van der Waals surface area contributed by atoms with Gasteiger partial charge in [-0.2, -0.15) is 0 Å². The minimum atomic E-state index is -1.16. The van der Waals surface area contributed by atoms with Gasteiger partial charge in [-0.1, -0.05) is 41.4 Å². The lowest BCUT2D eigenvalue weighted by Crippen LogP contribution is -2.42. The van der Waals surface area contributed by atoms with Gasteiger partial charge in [-0.25, -0.2) is 9.78 Å². The normalized spacial score (nSPS) is 11.8. The van der Waals surface area contributed by atoms with Crippen LogP contribution in [0, 0.1) is 0 Å². The van der Waals surface area contributed by atoms with Crippen LogP contribution in [-0.4, -0.2) is 34.6 Å². The Kier molecular flexibility index (Phi) is 7.35. The molecule has 2 aromatic heterocycles. The summed E-state index contributed by atoms with van der Waals surface area (Å²) in [6, 6.07) is 16.5. The third-order valence-corrected chi connectivity index (χ3v) is 5.84. The van der Waals surface area contributed by atoms with Gasteiger partial charge in [0, 0.05) is 31.0 Å². The second kappa shape index (κ2) is 10.6. The number of hydrogen-bond acceptors (Lipinski definition) is 5. The molecule has 0 fully saturated rings. The first-order valence-corrected chi connectivity index (χ1v) is 11.3. The summed E-state index contributed by atoms with van der Waals surface area (Å²) in [5, 5.41) is 16.6. The van der Waals surface area contributed by atoms with E-state index in [9.17, 15) is 14.7 Å². The molecule has 0 aliphatic heterocycles. The number of anilines is 1. The minimum absolute atomic E-state index is 0.0475. The number of nitrogens with zero attached hydrogens (tertiary/aromatic N) is 1. The van der Waals surface area contributed by atoms with Crippen LogP contribution in [0.15, 0.2) is 71.3 Å². The number of carboxylic acid groups (broad SMARTS) is 1. The molecule has 4 rings (SSSR count). The molecule has 34 heavy (non-hydrogen) atoms. The Morgan fingerprint density at radius 1 is 1.03 bits per heavy atom. The Morgan fingerprint density at radius 2 is 1.82 bits per heavy atom. The van der Waals surface area contributed by atoms with Gasteiger partial charge in [-0.3, -0.25) is 4.79 Å². The quantitative estimate of drug-likeness (QED) is 0.293. The van der Waals surface area contributed by atoms with Gasteiger partial charge in [0.2, 0.25) is 0 Å². The van der Waals surface area contributed by atoms with Gasteiger partial charge >= 0.3 is 5.97 Å². The molecule has 0 radical (unpaired) electrons. The molecule has 7 nitrogen and oxygen atoms in total. The fraction of sp³-hybridized carbons (Fsp3) is 0.160. The molecule has 4 aromatic rings. The SMILES string of the molecule is O=C(N[C@@H](Cc1ccc2oc(CCNc3ccccn3)cc2c1)C(=O)O)c1c(Cl)cccc1Cl. The van der Waals surface area contributed by atoms with Crippen molar-refractivity contribution < 1.29 is 19.1 Å².